The fraction of sp³-hybridized carbons (Fsp3) is 0.368. The third-order valence-electron chi connectivity index (χ3n) is 4.04. The summed E-state index contributed by atoms with van der Waals surface area (Å²) < 4.78 is 11.5. The lowest BCUT2D eigenvalue weighted by Gasteiger charge is -2.23. The molecule has 1 unspecified atom stereocenters. The van der Waals surface area contributed by atoms with E-state index in [9.17, 15) is 5.11 Å². The van der Waals surface area contributed by atoms with Crippen molar-refractivity contribution in [2.45, 2.75) is 38.9 Å². The van der Waals surface area contributed by atoms with E-state index in [2.05, 4.69) is 19.1 Å². The second-order valence-corrected chi connectivity index (χ2v) is 5.63. The zero-order valence-corrected chi connectivity index (χ0v) is 12.9. The van der Waals surface area contributed by atoms with Crippen molar-refractivity contribution < 1.29 is 14.6 Å². The number of hydrogen-bond donors (Lipinski definition) is 1. The Kier molecular flexibility index (Phi) is 4.64. The van der Waals surface area contributed by atoms with Crippen molar-refractivity contribution in [3.63, 3.8) is 0 Å². The van der Waals surface area contributed by atoms with Gasteiger partial charge < -0.3 is 14.6 Å². The molecule has 0 spiro atoms. The van der Waals surface area contributed by atoms with E-state index >= 15 is 0 Å². The first-order chi connectivity index (χ1) is 10.8. The molecule has 3 heteroatoms. The highest BCUT2D eigenvalue weighted by atomic mass is 16.7. The lowest BCUT2D eigenvalue weighted by molar-refractivity contribution is -0.105. The van der Waals surface area contributed by atoms with E-state index in [1.807, 2.05) is 24.3 Å². The number of phenolic OH excluding ortho intramolecular Hbond substituents is 1. The Balaban J connectivity index is 1.76. The summed E-state index contributed by atoms with van der Waals surface area (Å²) in [7, 11) is 0. The number of benzene rings is 2. The van der Waals surface area contributed by atoms with Gasteiger partial charge in [-0.25, -0.2) is 0 Å². The van der Waals surface area contributed by atoms with E-state index in [4.69, 9.17) is 9.47 Å². The number of aromatic hydroxyl groups is 1. The van der Waals surface area contributed by atoms with E-state index in [0.29, 0.717) is 5.75 Å². The van der Waals surface area contributed by atoms with Gasteiger partial charge in [-0.15, -0.1) is 0 Å². The molecule has 2 aromatic rings. The van der Waals surface area contributed by atoms with Crippen molar-refractivity contribution >= 4 is 0 Å². The SMILES string of the molecule is CCc1cc(O)ccc1-c1ccc(OC2CCCCO2)cc1. The minimum absolute atomic E-state index is 0.112. The Morgan fingerprint density at radius 1 is 1.14 bits per heavy atom. The van der Waals surface area contributed by atoms with Crippen molar-refractivity contribution in [3.05, 3.63) is 48.0 Å². The molecule has 3 nitrogen and oxygen atoms in total. The summed E-state index contributed by atoms with van der Waals surface area (Å²) in [6.45, 7) is 2.88. The molecule has 2 aromatic carbocycles. The smallest absolute Gasteiger partial charge is 0.199 e. The molecule has 1 fully saturated rings. The van der Waals surface area contributed by atoms with Crippen molar-refractivity contribution in [3.8, 4) is 22.6 Å². The van der Waals surface area contributed by atoms with Crippen LogP contribution in [0.1, 0.15) is 31.7 Å². The Hall–Kier alpha value is -2.00. The van der Waals surface area contributed by atoms with E-state index in [1.54, 1.807) is 6.07 Å². The van der Waals surface area contributed by atoms with Crippen LogP contribution in [-0.2, 0) is 11.2 Å². The largest absolute Gasteiger partial charge is 0.508 e. The molecular weight excluding hydrogens is 276 g/mol. The van der Waals surface area contributed by atoms with E-state index in [-0.39, 0.29) is 6.29 Å². The van der Waals surface area contributed by atoms with Gasteiger partial charge in [0.25, 0.3) is 0 Å². The molecule has 1 aliphatic rings. The van der Waals surface area contributed by atoms with Gasteiger partial charge in [0.1, 0.15) is 11.5 Å². The first-order valence-electron chi connectivity index (χ1n) is 7.97. The van der Waals surface area contributed by atoms with Crippen molar-refractivity contribution in [2.24, 2.45) is 0 Å². The molecule has 1 heterocycles. The minimum Gasteiger partial charge on any atom is -0.508 e. The van der Waals surface area contributed by atoms with E-state index in [0.717, 1.165) is 54.7 Å². The van der Waals surface area contributed by atoms with Crippen LogP contribution in [0.5, 0.6) is 11.5 Å². The second kappa shape index (κ2) is 6.84. The highest BCUT2D eigenvalue weighted by Gasteiger charge is 2.15. The average molecular weight is 298 g/mol. The molecule has 116 valence electrons. The van der Waals surface area contributed by atoms with Gasteiger partial charge in [-0.05, 0) is 60.2 Å². The highest BCUT2D eigenvalue weighted by Crippen LogP contribution is 2.29. The quantitative estimate of drug-likeness (QED) is 0.901. The van der Waals surface area contributed by atoms with Crippen LogP contribution >= 0.6 is 0 Å². The highest BCUT2D eigenvalue weighted by molar-refractivity contribution is 5.69. The first-order valence-corrected chi connectivity index (χ1v) is 7.97. The molecular formula is C19H22O3. The van der Waals surface area contributed by atoms with Crippen LogP contribution in [-0.4, -0.2) is 18.0 Å². The molecule has 3 rings (SSSR count). The van der Waals surface area contributed by atoms with Crippen molar-refractivity contribution in [1.29, 1.82) is 0 Å². The summed E-state index contributed by atoms with van der Waals surface area (Å²) in [4.78, 5) is 0. The van der Waals surface area contributed by atoms with Gasteiger partial charge in [0.05, 0.1) is 6.61 Å². The molecule has 0 saturated carbocycles. The molecule has 0 bridgehead atoms. The standard InChI is InChI=1S/C19H22O3/c1-2-14-13-16(20)8-11-18(14)15-6-9-17(10-7-15)22-19-5-3-4-12-21-19/h6-11,13,19-20H,2-5,12H2,1H3. The molecule has 1 saturated heterocycles. The van der Waals surface area contributed by atoms with Gasteiger partial charge in [0, 0.05) is 6.42 Å². The molecule has 0 radical (unpaired) electrons. The lowest BCUT2D eigenvalue weighted by Crippen LogP contribution is -2.24. The molecule has 22 heavy (non-hydrogen) atoms. The van der Waals surface area contributed by atoms with Gasteiger partial charge in [0.2, 0.25) is 0 Å². The summed E-state index contributed by atoms with van der Waals surface area (Å²) in [5.41, 5.74) is 3.43. The minimum atomic E-state index is -0.112. The van der Waals surface area contributed by atoms with Crippen LogP contribution < -0.4 is 4.74 Å². The number of phenols is 1. The summed E-state index contributed by atoms with van der Waals surface area (Å²) in [6, 6.07) is 13.6. The lowest BCUT2D eigenvalue weighted by atomic mass is 9.98. The summed E-state index contributed by atoms with van der Waals surface area (Å²) in [5, 5.41) is 9.61. The third kappa shape index (κ3) is 3.42. The van der Waals surface area contributed by atoms with Crippen LogP contribution in [0, 0.1) is 0 Å². The average Bonchev–Trinajstić information content (AvgIpc) is 2.56. The van der Waals surface area contributed by atoms with Gasteiger partial charge in [-0.1, -0.05) is 25.1 Å². The fourth-order valence-electron chi connectivity index (χ4n) is 2.82. The summed E-state index contributed by atoms with van der Waals surface area (Å²) in [6.07, 6.45) is 4.02. The van der Waals surface area contributed by atoms with Gasteiger partial charge >= 0.3 is 0 Å². The van der Waals surface area contributed by atoms with Gasteiger partial charge in [0.15, 0.2) is 6.29 Å². The zero-order chi connectivity index (χ0) is 15.4. The topological polar surface area (TPSA) is 38.7 Å². The Labute approximate surface area is 131 Å². The second-order valence-electron chi connectivity index (χ2n) is 5.63. The van der Waals surface area contributed by atoms with Gasteiger partial charge in [-0.2, -0.15) is 0 Å². The summed E-state index contributed by atoms with van der Waals surface area (Å²) in [5.74, 6) is 1.16. The maximum atomic E-state index is 9.61. The molecule has 1 aliphatic heterocycles. The molecule has 1 atom stereocenters. The maximum absolute atomic E-state index is 9.61. The number of hydrogen-bond acceptors (Lipinski definition) is 3. The van der Waals surface area contributed by atoms with Crippen molar-refractivity contribution in [1.82, 2.24) is 0 Å². The van der Waals surface area contributed by atoms with Crippen LogP contribution in [0.4, 0.5) is 0 Å². The van der Waals surface area contributed by atoms with E-state index < -0.39 is 0 Å². The first kappa shape index (κ1) is 14.9. The van der Waals surface area contributed by atoms with Crippen LogP contribution in [0.3, 0.4) is 0 Å². The van der Waals surface area contributed by atoms with Crippen molar-refractivity contribution in [2.75, 3.05) is 6.61 Å². The van der Waals surface area contributed by atoms with E-state index in [1.165, 1.54) is 0 Å². The third-order valence-corrected chi connectivity index (χ3v) is 4.04. The molecule has 1 N–H and O–H groups in total. The summed E-state index contributed by atoms with van der Waals surface area (Å²) >= 11 is 0. The predicted octanol–water partition coefficient (Wildman–Crippen LogP) is 4.53. The number of rotatable bonds is 4. The molecule has 0 aliphatic carbocycles. The van der Waals surface area contributed by atoms with Crippen LogP contribution in [0.2, 0.25) is 0 Å². The van der Waals surface area contributed by atoms with Crippen LogP contribution in [0.15, 0.2) is 42.5 Å². The Morgan fingerprint density at radius 3 is 2.64 bits per heavy atom. The zero-order valence-electron chi connectivity index (χ0n) is 12.9. The monoisotopic (exact) mass is 298 g/mol. The molecule has 0 aromatic heterocycles. The maximum Gasteiger partial charge on any atom is 0.199 e. The Bertz CT molecular complexity index is 613. The Morgan fingerprint density at radius 2 is 1.95 bits per heavy atom. The number of aryl methyl sites for hydroxylation is 1. The normalized spacial score (nSPS) is 18.1. The van der Waals surface area contributed by atoms with Gasteiger partial charge in [-0.3, -0.25) is 0 Å². The molecule has 0 amide bonds. The number of ether oxygens (including phenoxy) is 2. The van der Waals surface area contributed by atoms with Crippen LogP contribution in [0.25, 0.3) is 11.1 Å². The predicted molar refractivity (Wildman–Crippen MR) is 87.1 cm³/mol. The fourth-order valence-corrected chi connectivity index (χ4v) is 2.82.